The summed E-state index contributed by atoms with van der Waals surface area (Å²) in [4.78, 5) is 18.1. The second kappa shape index (κ2) is 6.49. The molecule has 1 amide bonds. The summed E-state index contributed by atoms with van der Waals surface area (Å²) >= 11 is 6.09. The standard InChI is InChI=1S/C18H12ClF2N3O2/c19-14-6-5-13(21)8-15(14)24-9-11(7-16(24)25)17-22-18(26-23-17)10-1-3-12(20)4-2-10/h1-6,8,11H,7,9H2. The molecule has 1 saturated heterocycles. The number of amides is 1. The van der Waals surface area contributed by atoms with E-state index in [-0.39, 0.29) is 36.5 Å². The van der Waals surface area contributed by atoms with Crippen molar-refractivity contribution < 1.29 is 18.1 Å². The van der Waals surface area contributed by atoms with Crippen molar-refractivity contribution in [2.24, 2.45) is 0 Å². The van der Waals surface area contributed by atoms with Crippen molar-refractivity contribution in [2.75, 3.05) is 11.4 Å². The molecule has 1 atom stereocenters. The molecule has 1 unspecified atom stereocenters. The molecule has 2 heterocycles. The number of hydrogen-bond acceptors (Lipinski definition) is 4. The molecule has 0 spiro atoms. The van der Waals surface area contributed by atoms with Crippen LogP contribution in [0.3, 0.4) is 0 Å². The van der Waals surface area contributed by atoms with Crippen molar-refractivity contribution in [1.82, 2.24) is 10.1 Å². The third-order valence-corrected chi connectivity index (χ3v) is 4.54. The molecule has 0 bridgehead atoms. The molecule has 0 radical (unpaired) electrons. The van der Waals surface area contributed by atoms with Crippen LogP contribution in [-0.4, -0.2) is 22.6 Å². The topological polar surface area (TPSA) is 59.2 Å². The highest BCUT2D eigenvalue weighted by Crippen LogP contribution is 2.35. The minimum atomic E-state index is -0.473. The summed E-state index contributed by atoms with van der Waals surface area (Å²) in [6, 6.07) is 9.53. The van der Waals surface area contributed by atoms with Crippen LogP contribution in [-0.2, 0) is 4.79 Å². The minimum Gasteiger partial charge on any atom is -0.334 e. The highest BCUT2D eigenvalue weighted by Gasteiger charge is 2.35. The van der Waals surface area contributed by atoms with Crippen LogP contribution in [0, 0.1) is 11.6 Å². The number of hydrogen-bond donors (Lipinski definition) is 0. The van der Waals surface area contributed by atoms with Crippen LogP contribution >= 0.6 is 11.6 Å². The second-order valence-corrected chi connectivity index (χ2v) is 6.37. The fourth-order valence-corrected chi connectivity index (χ4v) is 3.14. The average Bonchev–Trinajstić information content (AvgIpc) is 3.25. The summed E-state index contributed by atoms with van der Waals surface area (Å²) < 4.78 is 31.7. The van der Waals surface area contributed by atoms with Gasteiger partial charge in [0.25, 0.3) is 5.89 Å². The van der Waals surface area contributed by atoms with Gasteiger partial charge in [0.05, 0.1) is 10.7 Å². The van der Waals surface area contributed by atoms with E-state index in [9.17, 15) is 13.6 Å². The Morgan fingerprint density at radius 1 is 1.12 bits per heavy atom. The zero-order chi connectivity index (χ0) is 18.3. The number of anilines is 1. The Morgan fingerprint density at radius 3 is 2.62 bits per heavy atom. The SMILES string of the molecule is O=C1CC(c2noc(-c3ccc(F)cc3)n2)CN1c1cc(F)ccc1Cl. The van der Waals surface area contributed by atoms with Gasteiger partial charge in [-0.25, -0.2) is 8.78 Å². The van der Waals surface area contributed by atoms with Crippen LogP contribution < -0.4 is 4.90 Å². The molecular weight excluding hydrogens is 364 g/mol. The van der Waals surface area contributed by atoms with Gasteiger partial charge in [-0.15, -0.1) is 0 Å². The molecule has 1 aliphatic rings. The number of carbonyl (C=O) groups is 1. The Bertz CT molecular complexity index is 975. The second-order valence-electron chi connectivity index (χ2n) is 5.97. The quantitative estimate of drug-likeness (QED) is 0.688. The van der Waals surface area contributed by atoms with Crippen LogP contribution in [0.5, 0.6) is 0 Å². The van der Waals surface area contributed by atoms with E-state index in [1.807, 2.05) is 0 Å². The summed E-state index contributed by atoms with van der Waals surface area (Å²) in [5.74, 6) is -0.728. The van der Waals surface area contributed by atoms with Crippen molar-refractivity contribution in [3.63, 3.8) is 0 Å². The van der Waals surface area contributed by atoms with Gasteiger partial charge < -0.3 is 9.42 Å². The number of carbonyl (C=O) groups excluding carboxylic acids is 1. The Kier molecular flexibility index (Phi) is 4.16. The highest BCUT2D eigenvalue weighted by atomic mass is 35.5. The van der Waals surface area contributed by atoms with E-state index in [2.05, 4.69) is 10.1 Å². The number of halogens is 3. The molecule has 8 heteroatoms. The van der Waals surface area contributed by atoms with Gasteiger partial charge in [0.2, 0.25) is 5.91 Å². The van der Waals surface area contributed by atoms with Crippen LogP contribution in [0.15, 0.2) is 47.0 Å². The molecule has 3 aromatic rings. The number of rotatable bonds is 3. The van der Waals surface area contributed by atoms with E-state index >= 15 is 0 Å². The Morgan fingerprint density at radius 2 is 1.85 bits per heavy atom. The first kappa shape index (κ1) is 16.7. The molecule has 1 aliphatic heterocycles. The van der Waals surface area contributed by atoms with Gasteiger partial charge in [-0.3, -0.25) is 4.79 Å². The molecule has 2 aromatic carbocycles. The zero-order valence-corrected chi connectivity index (χ0v) is 14.1. The lowest BCUT2D eigenvalue weighted by atomic mass is 10.1. The maximum absolute atomic E-state index is 13.5. The molecule has 4 rings (SSSR count). The molecule has 0 N–H and O–H groups in total. The van der Waals surface area contributed by atoms with Gasteiger partial charge in [-0.1, -0.05) is 16.8 Å². The van der Waals surface area contributed by atoms with E-state index in [4.69, 9.17) is 16.1 Å². The summed E-state index contributed by atoms with van der Waals surface area (Å²) in [7, 11) is 0. The van der Waals surface area contributed by atoms with E-state index in [1.54, 1.807) is 0 Å². The van der Waals surface area contributed by atoms with E-state index < -0.39 is 5.82 Å². The predicted molar refractivity (Wildman–Crippen MR) is 90.8 cm³/mol. The Labute approximate surface area is 152 Å². The van der Waals surface area contributed by atoms with Crippen LogP contribution in [0.2, 0.25) is 5.02 Å². The predicted octanol–water partition coefficient (Wildman–Crippen LogP) is 4.19. The smallest absolute Gasteiger partial charge is 0.257 e. The number of aromatic nitrogens is 2. The molecule has 0 saturated carbocycles. The normalized spacial score (nSPS) is 17.1. The van der Waals surface area contributed by atoms with Crippen molar-refractivity contribution in [3.05, 3.63) is 64.9 Å². The molecule has 132 valence electrons. The fourth-order valence-electron chi connectivity index (χ4n) is 2.92. The van der Waals surface area contributed by atoms with Gasteiger partial charge in [-0.05, 0) is 42.5 Å². The van der Waals surface area contributed by atoms with Gasteiger partial charge >= 0.3 is 0 Å². The zero-order valence-electron chi connectivity index (χ0n) is 13.3. The maximum atomic E-state index is 13.5. The molecule has 26 heavy (non-hydrogen) atoms. The van der Waals surface area contributed by atoms with Crippen molar-refractivity contribution >= 4 is 23.2 Å². The Balaban J connectivity index is 1.58. The fraction of sp³-hybridized carbons (Fsp3) is 0.167. The minimum absolute atomic E-state index is 0.162. The van der Waals surface area contributed by atoms with Gasteiger partial charge in [0, 0.05) is 24.4 Å². The molecule has 5 nitrogen and oxygen atoms in total. The maximum Gasteiger partial charge on any atom is 0.257 e. The lowest BCUT2D eigenvalue weighted by Gasteiger charge is -2.17. The summed E-state index contributed by atoms with van der Waals surface area (Å²) in [5, 5.41) is 4.23. The summed E-state index contributed by atoms with van der Waals surface area (Å²) in [6.45, 7) is 0.268. The largest absolute Gasteiger partial charge is 0.334 e. The summed E-state index contributed by atoms with van der Waals surface area (Å²) in [5.41, 5.74) is 0.904. The van der Waals surface area contributed by atoms with E-state index in [0.29, 0.717) is 22.1 Å². The third kappa shape index (κ3) is 3.06. The van der Waals surface area contributed by atoms with Gasteiger partial charge in [-0.2, -0.15) is 4.98 Å². The van der Waals surface area contributed by atoms with E-state index in [1.165, 1.54) is 47.4 Å². The van der Waals surface area contributed by atoms with Crippen molar-refractivity contribution in [1.29, 1.82) is 0 Å². The van der Waals surface area contributed by atoms with Crippen LogP contribution in [0.4, 0.5) is 14.5 Å². The number of nitrogens with zero attached hydrogens (tertiary/aromatic N) is 3. The molecule has 1 fully saturated rings. The van der Waals surface area contributed by atoms with E-state index in [0.717, 1.165) is 0 Å². The highest BCUT2D eigenvalue weighted by molar-refractivity contribution is 6.33. The number of benzene rings is 2. The van der Waals surface area contributed by atoms with Crippen molar-refractivity contribution in [2.45, 2.75) is 12.3 Å². The Hall–Kier alpha value is -2.80. The van der Waals surface area contributed by atoms with Crippen LogP contribution in [0.1, 0.15) is 18.2 Å². The van der Waals surface area contributed by atoms with Gasteiger partial charge in [0.15, 0.2) is 5.82 Å². The first-order valence-electron chi connectivity index (χ1n) is 7.86. The van der Waals surface area contributed by atoms with Crippen LogP contribution in [0.25, 0.3) is 11.5 Å². The first-order chi connectivity index (χ1) is 12.5. The molecule has 0 aliphatic carbocycles. The third-order valence-electron chi connectivity index (χ3n) is 4.22. The average molecular weight is 376 g/mol. The lowest BCUT2D eigenvalue weighted by molar-refractivity contribution is -0.117. The van der Waals surface area contributed by atoms with Crippen molar-refractivity contribution in [3.8, 4) is 11.5 Å². The molecular formula is C18H12ClF2N3O2. The monoisotopic (exact) mass is 375 g/mol. The molecule has 1 aromatic heterocycles. The lowest BCUT2D eigenvalue weighted by Crippen LogP contribution is -2.24. The summed E-state index contributed by atoms with van der Waals surface area (Å²) in [6.07, 6.45) is 0.162. The first-order valence-corrected chi connectivity index (χ1v) is 8.24. The van der Waals surface area contributed by atoms with Gasteiger partial charge in [0.1, 0.15) is 11.6 Å².